The first-order valence-electron chi connectivity index (χ1n) is 11.4. The van der Waals surface area contributed by atoms with E-state index in [-0.39, 0.29) is 17.2 Å². The van der Waals surface area contributed by atoms with Crippen LogP contribution in [0.5, 0.6) is 0 Å². The van der Waals surface area contributed by atoms with Gasteiger partial charge in [-0.25, -0.2) is 0 Å². The van der Waals surface area contributed by atoms with E-state index in [1.165, 1.54) is 18.1 Å². The molecule has 0 amide bonds. The lowest BCUT2D eigenvalue weighted by Crippen LogP contribution is -2.46. The standard InChI is InChI=1S/C24H50O2Si2/c1-13-17-22(25-28(14-2,15-3)16-4)19-18-21(7)23(20(5)6)26-27(11,12)24(8,9)10/h13,18-23H,1,14-17H2,2-12H3/b19-18+/t21-,22+,23-/m1/s1. The molecule has 0 spiro atoms. The van der Waals surface area contributed by atoms with E-state index < -0.39 is 16.6 Å². The van der Waals surface area contributed by atoms with Crippen LogP contribution >= 0.6 is 0 Å². The van der Waals surface area contributed by atoms with Gasteiger partial charge >= 0.3 is 0 Å². The summed E-state index contributed by atoms with van der Waals surface area (Å²) in [4.78, 5) is 0. The number of rotatable bonds is 13. The van der Waals surface area contributed by atoms with Crippen LogP contribution in [0.4, 0.5) is 0 Å². The summed E-state index contributed by atoms with van der Waals surface area (Å²) in [5.41, 5.74) is 0. The molecule has 0 N–H and O–H groups in total. The third-order valence-electron chi connectivity index (χ3n) is 6.77. The van der Waals surface area contributed by atoms with E-state index in [2.05, 4.69) is 94.1 Å². The molecular formula is C24H50O2Si2. The molecule has 0 bridgehead atoms. The summed E-state index contributed by atoms with van der Waals surface area (Å²) < 4.78 is 13.5. The van der Waals surface area contributed by atoms with E-state index in [1.54, 1.807) is 0 Å². The molecule has 0 fully saturated rings. The molecule has 0 unspecified atom stereocenters. The van der Waals surface area contributed by atoms with Crippen LogP contribution in [0.25, 0.3) is 0 Å². The van der Waals surface area contributed by atoms with Crippen LogP contribution in [0.1, 0.15) is 68.7 Å². The van der Waals surface area contributed by atoms with Crippen LogP contribution in [-0.2, 0) is 8.85 Å². The molecular weight excluding hydrogens is 376 g/mol. The average molecular weight is 427 g/mol. The van der Waals surface area contributed by atoms with Crippen LogP contribution < -0.4 is 0 Å². The quantitative estimate of drug-likeness (QED) is 0.218. The van der Waals surface area contributed by atoms with Crippen molar-refractivity contribution in [1.29, 1.82) is 0 Å². The fourth-order valence-corrected chi connectivity index (χ4v) is 7.77. The van der Waals surface area contributed by atoms with E-state index in [1.807, 2.05) is 6.08 Å². The summed E-state index contributed by atoms with van der Waals surface area (Å²) in [6, 6.07) is 3.54. The molecule has 0 aromatic heterocycles. The molecule has 0 heterocycles. The lowest BCUT2D eigenvalue weighted by Gasteiger charge is -2.42. The summed E-state index contributed by atoms with van der Waals surface area (Å²) in [6.45, 7) is 29.3. The minimum atomic E-state index is -1.79. The van der Waals surface area contributed by atoms with E-state index in [0.717, 1.165) is 6.42 Å². The Morgan fingerprint density at radius 3 is 1.75 bits per heavy atom. The maximum atomic E-state index is 6.82. The van der Waals surface area contributed by atoms with Crippen molar-refractivity contribution in [2.45, 2.75) is 117 Å². The van der Waals surface area contributed by atoms with Crippen LogP contribution in [0.15, 0.2) is 24.8 Å². The summed E-state index contributed by atoms with van der Waals surface area (Å²) >= 11 is 0. The Labute approximate surface area is 179 Å². The van der Waals surface area contributed by atoms with Gasteiger partial charge in [0.2, 0.25) is 0 Å². The molecule has 0 aromatic carbocycles. The van der Waals surface area contributed by atoms with E-state index in [9.17, 15) is 0 Å². The van der Waals surface area contributed by atoms with Crippen molar-refractivity contribution in [3.63, 3.8) is 0 Å². The zero-order valence-electron chi connectivity index (χ0n) is 20.9. The SMILES string of the molecule is C=CC[C@@H](/C=C/[C@@H](C)[C@H](O[Si](C)(C)C(C)(C)C)C(C)C)O[Si](CC)(CC)CC. The molecule has 166 valence electrons. The van der Waals surface area contributed by atoms with Crippen molar-refractivity contribution in [2.24, 2.45) is 11.8 Å². The van der Waals surface area contributed by atoms with Gasteiger partial charge < -0.3 is 8.85 Å². The molecule has 0 aliphatic rings. The molecule has 3 atom stereocenters. The van der Waals surface area contributed by atoms with Crippen molar-refractivity contribution in [3.05, 3.63) is 24.8 Å². The first kappa shape index (κ1) is 27.8. The second kappa shape index (κ2) is 11.9. The first-order valence-corrected chi connectivity index (χ1v) is 16.9. The molecule has 2 nitrogen and oxygen atoms in total. The second-order valence-corrected chi connectivity index (χ2v) is 19.7. The summed E-state index contributed by atoms with van der Waals surface area (Å²) in [7, 11) is -3.42. The third kappa shape index (κ3) is 8.29. The van der Waals surface area contributed by atoms with Gasteiger partial charge in [-0.1, -0.05) is 80.5 Å². The zero-order chi connectivity index (χ0) is 22.2. The Morgan fingerprint density at radius 2 is 1.39 bits per heavy atom. The van der Waals surface area contributed by atoms with Crippen molar-refractivity contribution >= 4 is 16.6 Å². The summed E-state index contributed by atoms with van der Waals surface area (Å²) in [5.74, 6) is 0.855. The van der Waals surface area contributed by atoms with Crippen molar-refractivity contribution in [3.8, 4) is 0 Å². The van der Waals surface area contributed by atoms with E-state index >= 15 is 0 Å². The molecule has 28 heavy (non-hydrogen) atoms. The van der Waals surface area contributed by atoms with Gasteiger partial charge in [0.25, 0.3) is 0 Å². The van der Waals surface area contributed by atoms with Gasteiger partial charge in [0, 0.05) is 0 Å². The highest BCUT2D eigenvalue weighted by Gasteiger charge is 2.40. The van der Waals surface area contributed by atoms with Crippen molar-refractivity contribution in [1.82, 2.24) is 0 Å². The first-order chi connectivity index (χ1) is 12.8. The van der Waals surface area contributed by atoms with Crippen LogP contribution in [0.2, 0.25) is 36.3 Å². The van der Waals surface area contributed by atoms with Crippen LogP contribution in [0, 0.1) is 11.8 Å². The lowest BCUT2D eigenvalue weighted by atomic mass is 9.94. The Morgan fingerprint density at radius 1 is 0.893 bits per heavy atom. The van der Waals surface area contributed by atoms with Gasteiger partial charge in [-0.15, -0.1) is 6.58 Å². The average Bonchev–Trinajstić information content (AvgIpc) is 2.60. The third-order valence-corrected chi connectivity index (χ3v) is 15.9. The fraction of sp³-hybridized carbons (Fsp3) is 0.833. The van der Waals surface area contributed by atoms with Gasteiger partial charge in [0.1, 0.15) is 0 Å². The molecule has 0 aromatic rings. The van der Waals surface area contributed by atoms with Crippen molar-refractivity contribution in [2.75, 3.05) is 0 Å². The summed E-state index contributed by atoms with van der Waals surface area (Å²) in [5, 5.41) is 0.229. The number of hydrogen-bond donors (Lipinski definition) is 0. The minimum Gasteiger partial charge on any atom is -0.413 e. The molecule has 0 aliphatic heterocycles. The van der Waals surface area contributed by atoms with Gasteiger partial charge in [-0.2, -0.15) is 0 Å². The topological polar surface area (TPSA) is 18.5 Å². The van der Waals surface area contributed by atoms with Gasteiger partial charge in [0.05, 0.1) is 12.2 Å². The van der Waals surface area contributed by atoms with Gasteiger partial charge in [0.15, 0.2) is 16.6 Å². The summed E-state index contributed by atoms with van der Waals surface area (Å²) in [6.07, 6.45) is 7.89. The van der Waals surface area contributed by atoms with E-state index in [0.29, 0.717) is 11.8 Å². The highest BCUT2D eigenvalue weighted by Crippen LogP contribution is 2.39. The van der Waals surface area contributed by atoms with Crippen LogP contribution in [-0.4, -0.2) is 28.8 Å². The highest BCUT2D eigenvalue weighted by atomic mass is 28.4. The fourth-order valence-electron chi connectivity index (χ4n) is 3.43. The monoisotopic (exact) mass is 426 g/mol. The largest absolute Gasteiger partial charge is 0.413 e. The predicted molar refractivity (Wildman–Crippen MR) is 132 cm³/mol. The Hall–Kier alpha value is -0.166. The maximum absolute atomic E-state index is 6.82. The van der Waals surface area contributed by atoms with Gasteiger partial charge in [-0.05, 0) is 54.5 Å². The van der Waals surface area contributed by atoms with Gasteiger partial charge in [-0.3, -0.25) is 0 Å². The molecule has 0 rings (SSSR count). The smallest absolute Gasteiger partial charge is 0.192 e. The normalized spacial score (nSPS) is 17.1. The highest BCUT2D eigenvalue weighted by molar-refractivity contribution is 6.74. The van der Waals surface area contributed by atoms with Crippen LogP contribution in [0.3, 0.4) is 0 Å². The molecule has 0 saturated carbocycles. The maximum Gasteiger partial charge on any atom is 0.192 e. The zero-order valence-corrected chi connectivity index (χ0v) is 22.9. The Balaban J connectivity index is 5.41. The Bertz CT molecular complexity index is 465. The predicted octanol–water partition coefficient (Wildman–Crippen LogP) is 8.19. The van der Waals surface area contributed by atoms with E-state index in [4.69, 9.17) is 8.85 Å². The number of hydrogen-bond acceptors (Lipinski definition) is 2. The van der Waals surface area contributed by atoms with Crippen molar-refractivity contribution < 1.29 is 8.85 Å². The molecule has 0 aliphatic carbocycles. The minimum absolute atomic E-state index is 0.146. The molecule has 0 saturated heterocycles. The lowest BCUT2D eigenvalue weighted by molar-refractivity contribution is 0.0999. The Kier molecular flexibility index (Phi) is 11.8. The second-order valence-electron chi connectivity index (χ2n) is 10.3. The molecule has 4 heteroatoms. The molecule has 0 radical (unpaired) electrons.